The van der Waals surface area contributed by atoms with Gasteiger partial charge < -0.3 is 9.84 Å². The molecule has 0 fully saturated rings. The summed E-state index contributed by atoms with van der Waals surface area (Å²) >= 11 is 1.45. The lowest BCUT2D eigenvalue weighted by Crippen LogP contribution is -2.16. The highest BCUT2D eigenvalue weighted by Crippen LogP contribution is 2.32. The highest BCUT2D eigenvalue weighted by atomic mass is 32.2. The molecular formula is C16H13FO3S. The first-order chi connectivity index (χ1) is 10.1. The van der Waals surface area contributed by atoms with E-state index in [0.717, 1.165) is 10.5 Å². The van der Waals surface area contributed by atoms with Crippen LogP contribution in [-0.2, 0) is 6.42 Å². The van der Waals surface area contributed by atoms with Gasteiger partial charge in [-0.3, -0.25) is 0 Å². The van der Waals surface area contributed by atoms with Crippen molar-refractivity contribution < 1.29 is 19.0 Å². The van der Waals surface area contributed by atoms with Gasteiger partial charge in [0.2, 0.25) is 0 Å². The molecule has 0 bridgehead atoms. The third kappa shape index (κ3) is 3.03. The largest absolute Gasteiger partial charge is 0.489 e. The van der Waals surface area contributed by atoms with Crippen LogP contribution < -0.4 is 4.74 Å². The fraction of sp³-hybridized carbons (Fsp3) is 0.188. The molecule has 1 unspecified atom stereocenters. The molecule has 1 aliphatic heterocycles. The number of hydrogen-bond acceptors (Lipinski definition) is 3. The van der Waals surface area contributed by atoms with Crippen molar-refractivity contribution >= 4 is 17.7 Å². The van der Waals surface area contributed by atoms with Crippen LogP contribution in [0.5, 0.6) is 5.75 Å². The molecular weight excluding hydrogens is 291 g/mol. The second kappa shape index (κ2) is 5.77. The van der Waals surface area contributed by atoms with E-state index in [-0.39, 0.29) is 11.9 Å². The van der Waals surface area contributed by atoms with E-state index in [1.54, 1.807) is 24.3 Å². The van der Waals surface area contributed by atoms with Crippen LogP contribution in [0.1, 0.15) is 15.9 Å². The summed E-state index contributed by atoms with van der Waals surface area (Å²) in [5, 5.41) is 9.14. The molecule has 5 heteroatoms. The maximum absolute atomic E-state index is 13.2. The number of rotatable bonds is 4. The molecule has 21 heavy (non-hydrogen) atoms. The van der Waals surface area contributed by atoms with Crippen LogP contribution in [0.3, 0.4) is 0 Å². The summed E-state index contributed by atoms with van der Waals surface area (Å²) in [6.07, 6.45) is 0.587. The third-order valence-corrected chi connectivity index (χ3v) is 4.51. The van der Waals surface area contributed by atoms with E-state index in [4.69, 9.17) is 9.84 Å². The summed E-state index contributed by atoms with van der Waals surface area (Å²) in [7, 11) is 0. The van der Waals surface area contributed by atoms with Crippen LogP contribution in [0.15, 0.2) is 47.4 Å². The number of hydrogen-bond donors (Lipinski definition) is 1. The van der Waals surface area contributed by atoms with Crippen LogP contribution >= 0.6 is 11.8 Å². The van der Waals surface area contributed by atoms with Gasteiger partial charge in [-0.2, -0.15) is 0 Å². The molecule has 1 heterocycles. The first-order valence-electron chi connectivity index (χ1n) is 6.53. The molecule has 3 nitrogen and oxygen atoms in total. The van der Waals surface area contributed by atoms with Gasteiger partial charge in [0.25, 0.3) is 0 Å². The van der Waals surface area contributed by atoms with Crippen molar-refractivity contribution in [1.82, 2.24) is 0 Å². The van der Waals surface area contributed by atoms with Crippen molar-refractivity contribution in [3.63, 3.8) is 0 Å². The molecule has 1 atom stereocenters. The minimum Gasteiger partial charge on any atom is -0.489 e. The van der Waals surface area contributed by atoms with Crippen LogP contribution in [0.4, 0.5) is 4.39 Å². The minimum absolute atomic E-state index is 0.0614. The number of aromatic carboxylic acids is 1. The fourth-order valence-electron chi connectivity index (χ4n) is 2.33. The van der Waals surface area contributed by atoms with Gasteiger partial charge in [0.05, 0.1) is 5.56 Å². The predicted octanol–water partition coefficient (Wildman–Crippen LogP) is 3.62. The van der Waals surface area contributed by atoms with Crippen LogP contribution in [0.2, 0.25) is 0 Å². The molecule has 0 saturated heterocycles. The van der Waals surface area contributed by atoms with Crippen molar-refractivity contribution in [3.8, 4) is 5.75 Å². The summed E-state index contributed by atoms with van der Waals surface area (Å²) in [5.74, 6) is 0.145. The maximum Gasteiger partial charge on any atom is 0.336 e. The van der Waals surface area contributed by atoms with Gasteiger partial charge in [-0.1, -0.05) is 12.1 Å². The monoisotopic (exact) mass is 304 g/mol. The summed E-state index contributed by atoms with van der Waals surface area (Å²) in [6, 6.07) is 11.4. The molecule has 0 radical (unpaired) electrons. The summed E-state index contributed by atoms with van der Waals surface area (Å²) < 4.78 is 18.9. The van der Waals surface area contributed by atoms with E-state index in [1.165, 1.54) is 23.9 Å². The first-order valence-corrected chi connectivity index (χ1v) is 7.52. The van der Waals surface area contributed by atoms with E-state index in [0.29, 0.717) is 23.5 Å². The van der Waals surface area contributed by atoms with E-state index in [1.807, 2.05) is 6.07 Å². The molecule has 1 N–H and O–H groups in total. The molecule has 0 aliphatic carbocycles. The Morgan fingerprint density at radius 3 is 2.95 bits per heavy atom. The Morgan fingerprint density at radius 1 is 1.33 bits per heavy atom. The number of carboxylic acids is 1. The first kappa shape index (κ1) is 13.9. The van der Waals surface area contributed by atoms with Gasteiger partial charge in [0.15, 0.2) is 0 Å². The number of carbonyl (C=O) groups is 1. The fourth-order valence-corrected chi connectivity index (χ4v) is 3.37. The Labute approximate surface area is 125 Å². The standard InChI is InChI=1S/C16H13FO3S/c17-11-5-6-14-10(7-11)8-12(20-14)9-21-15-4-2-1-3-13(15)16(18)19/h1-7,12H,8-9H2,(H,18,19). The van der Waals surface area contributed by atoms with Crippen LogP contribution in [0.25, 0.3) is 0 Å². The molecule has 108 valence electrons. The zero-order valence-electron chi connectivity index (χ0n) is 11.1. The smallest absolute Gasteiger partial charge is 0.336 e. The lowest BCUT2D eigenvalue weighted by molar-refractivity contribution is 0.0693. The zero-order chi connectivity index (χ0) is 14.8. The Morgan fingerprint density at radius 2 is 2.14 bits per heavy atom. The van der Waals surface area contributed by atoms with Gasteiger partial charge in [0, 0.05) is 22.6 Å². The number of benzene rings is 2. The number of carboxylic acid groups (broad SMARTS) is 1. The van der Waals surface area contributed by atoms with Crippen molar-refractivity contribution in [2.24, 2.45) is 0 Å². The molecule has 0 amide bonds. The second-order valence-corrected chi connectivity index (χ2v) is 5.87. The summed E-state index contributed by atoms with van der Waals surface area (Å²) in [4.78, 5) is 11.9. The van der Waals surface area contributed by atoms with E-state index >= 15 is 0 Å². The number of ether oxygens (including phenoxy) is 1. The lowest BCUT2D eigenvalue weighted by atomic mass is 10.1. The van der Waals surface area contributed by atoms with Gasteiger partial charge in [0.1, 0.15) is 17.7 Å². The highest BCUT2D eigenvalue weighted by molar-refractivity contribution is 7.99. The van der Waals surface area contributed by atoms with Gasteiger partial charge in [-0.25, -0.2) is 9.18 Å². The molecule has 2 aromatic carbocycles. The number of halogens is 1. The Hall–Kier alpha value is -2.01. The van der Waals surface area contributed by atoms with Gasteiger partial charge in [-0.15, -0.1) is 11.8 Å². The lowest BCUT2D eigenvalue weighted by Gasteiger charge is -2.11. The third-order valence-electron chi connectivity index (χ3n) is 3.31. The SMILES string of the molecule is O=C(O)c1ccccc1SCC1Cc2cc(F)ccc2O1. The van der Waals surface area contributed by atoms with E-state index in [9.17, 15) is 9.18 Å². The second-order valence-electron chi connectivity index (χ2n) is 4.81. The molecule has 2 aromatic rings. The van der Waals surface area contributed by atoms with Gasteiger partial charge in [-0.05, 0) is 30.3 Å². The average molecular weight is 304 g/mol. The van der Waals surface area contributed by atoms with Crippen LogP contribution in [0, 0.1) is 5.82 Å². The predicted molar refractivity (Wildman–Crippen MR) is 78.6 cm³/mol. The Bertz CT molecular complexity index is 687. The maximum atomic E-state index is 13.2. The van der Waals surface area contributed by atoms with Gasteiger partial charge >= 0.3 is 5.97 Å². The topological polar surface area (TPSA) is 46.5 Å². The molecule has 0 saturated carbocycles. The molecule has 0 aromatic heterocycles. The number of fused-ring (bicyclic) bond motifs is 1. The minimum atomic E-state index is -0.934. The molecule has 0 spiro atoms. The Kier molecular flexibility index (Phi) is 3.84. The van der Waals surface area contributed by atoms with E-state index in [2.05, 4.69) is 0 Å². The van der Waals surface area contributed by atoms with Crippen LogP contribution in [-0.4, -0.2) is 22.9 Å². The number of thioether (sulfide) groups is 1. The molecule has 1 aliphatic rings. The quantitative estimate of drug-likeness (QED) is 0.876. The summed E-state index contributed by atoms with van der Waals surface area (Å²) in [6.45, 7) is 0. The van der Waals surface area contributed by atoms with Crippen molar-refractivity contribution in [3.05, 3.63) is 59.4 Å². The van der Waals surface area contributed by atoms with E-state index < -0.39 is 5.97 Å². The normalized spacial score (nSPS) is 16.3. The highest BCUT2D eigenvalue weighted by Gasteiger charge is 2.24. The summed E-state index contributed by atoms with van der Waals surface area (Å²) in [5.41, 5.74) is 1.16. The molecule has 3 rings (SSSR count). The zero-order valence-corrected chi connectivity index (χ0v) is 11.9. The Balaban J connectivity index is 1.67. The average Bonchev–Trinajstić information content (AvgIpc) is 2.87. The van der Waals surface area contributed by atoms with Crippen molar-refractivity contribution in [2.45, 2.75) is 17.4 Å². The van der Waals surface area contributed by atoms with Crippen molar-refractivity contribution in [1.29, 1.82) is 0 Å². The van der Waals surface area contributed by atoms with Crippen molar-refractivity contribution in [2.75, 3.05) is 5.75 Å².